The molecule has 2 N–H and O–H groups in total. The number of hydrogen-bond donors (Lipinski definition) is 1. The Balaban J connectivity index is 0.00000144. The number of benzene rings is 2. The van der Waals surface area contributed by atoms with Crippen LogP contribution in [0.25, 0.3) is 0 Å². The van der Waals surface area contributed by atoms with E-state index in [1.165, 1.54) is 11.3 Å². The van der Waals surface area contributed by atoms with E-state index in [4.69, 9.17) is 5.73 Å². The number of carbonyl (C=O) groups excluding carboxylic acids is 1. The Hall–Kier alpha value is -1.91. The number of nitrogens with zero attached hydrogens (tertiary/aromatic N) is 2. The van der Waals surface area contributed by atoms with Gasteiger partial charge in [-0.15, -0.1) is 24.8 Å². The number of para-hydroxylation sites is 1. The Morgan fingerprint density at radius 2 is 1.83 bits per heavy atom. The summed E-state index contributed by atoms with van der Waals surface area (Å²) in [6.45, 7) is 3.52. The average Bonchev–Trinajstić information content (AvgIpc) is 2.63. The third-order valence-corrected chi connectivity index (χ3v) is 4.21. The highest BCUT2D eigenvalue weighted by molar-refractivity contribution is 5.95. The highest BCUT2D eigenvalue weighted by Crippen LogP contribution is 2.27. The van der Waals surface area contributed by atoms with E-state index in [1.54, 1.807) is 12.1 Å². The van der Waals surface area contributed by atoms with Gasteiger partial charge in [0, 0.05) is 43.1 Å². The fraction of sp³-hybridized carbons (Fsp3) is 0.278. The van der Waals surface area contributed by atoms with Gasteiger partial charge in [0.15, 0.2) is 0 Å². The second kappa shape index (κ2) is 8.27. The number of hydrogen-bond acceptors (Lipinski definition) is 3. The maximum atomic E-state index is 12.9. The molecule has 1 heterocycles. The molecule has 0 aliphatic carbocycles. The maximum absolute atomic E-state index is 12.9. The SMILES string of the molecule is CC1CN(C)c2ccccc2CN1C(=O)c1cccc(N)c1.Cl.Cl. The van der Waals surface area contributed by atoms with Crippen LogP contribution >= 0.6 is 24.8 Å². The van der Waals surface area contributed by atoms with Gasteiger partial charge in [0.05, 0.1) is 0 Å². The quantitative estimate of drug-likeness (QED) is 0.783. The van der Waals surface area contributed by atoms with Crippen LogP contribution in [0.2, 0.25) is 0 Å². The predicted octanol–water partition coefficient (Wildman–Crippen LogP) is 3.59. The monoisotopic (exact) mass is 367 g/mol. The van der Waals surface area contributed by atoms with E-state index >= 15 is 0 Å². The second-order valence-electron chi connectivity index (χ2n) is 5.92. The number of amides is 1. The lowest BCUT2D eigenvalue weighted by atomic mass is 10.1. The van der Waals surface area contributed by atoms with Crippen molar-refractivity contribution >= 4 is 42.1 Å². The number of nitrogens with two attached hydrogens (primary N) is 1. The minimum absolute atomic E-state index is 0. The standard InChI is InChI=1S/C18H21N3O.2ClH/c1-13-11-20(2)17-9-4-3-6-15(17)12-21(13)18(22)14-7-5-8-16(19)10-14;;/h3-10,13H,11-12,19H2,1-2H3;2*1H. The van der Waals surface area contributed by atoms with Gasteiger partial charge in [0.25, 0.3) is 5.91 Å². The minimum atomic E-state index is 0. The van der Waals surface area contributed by atoms with Crippen LogP contribution in [0, 0.1) is 0 Å². The molecule has 3 rings (SSSR count). The summed E-state index contributed by atoms with van der Waals surface area (Å²) >= 11 is 0. The van der Waals surface area contributed by atoms with Gasteiger partial charge in [-0.25, -0.2) is 0 Å². The van der Waals surface area contributed by atoms with Crippen LogP contribution in [0.15, 0.2) is 48.5 Å². The van der Waals surface area contributed by atoms with Crippen molar-refractivity contribution in [1.82, 2.24) is 4.90 Å². The Bertz CT molecular complexity index is 708. The van der Waals surface area contributed by atoms with Crippen LogP contribution in [-0.2, 0) is 6.54 Å². The first kappa shape index (κ1) is 20.1. The van der Waals surface area contributed by atoms with Crippen molar-refractivity contribution in [2.75, 3.05) is 24.2 Å². The molecule has 24 heavy (non-hydrogen) atoms. The van der Waals surface area contributed by atoms with Crippen LogP contribution in [-0.4, -0.2) is 30.4 Å². The highest BCUT2D eigenvalue weighted by atomic mass is 35.5. The van der Waals surface area contributed by atoms with Crippen LogP contribution < -0.4 is 10.6 Å². The third kappa shape index (κ3) is 3.94. The van der Waals surface area contributed by atoms with Crippen LogP contribution in [0.5, 0.6) is 0 Å². The summed E-state index contributed by atoms with van der Waals surface area (Å²) in [6.07, 6.45) is 0. The lowest BCUT2D eigenvalue weighted by molar-refractivity contribution is 0.0687. The van der Waals surface area contributed by atoms with E-state index in [2.05, 4.69) is 31.0 Å². The summed E-state index contributed by atoms with van der Waals surface area (Å²) in [7, 11) is 2.07. The lowest BCUT2D eigenvalue weighted by Gasteiger charge is -2.28. The molecule has 1 aliphatic heterocycles. The smallest absolute Gasteiger partial charge is 0.254 e. The summed E-state index contributed by atoms with van der Waals surface area (Å²) in [5.74, 6) is 0.0323. The number of carbonyl (C=O) groups is 1. The number of rotatable bonds is 1. The zero-order valence-electron chi connectivity index (χ0n) is 13.8. The highest BCUT2D eigenvalue weighted by Gasteiger charge is 2.27. The maximum Gasteiger partial charge on any atom is 0.254 e. The number of fused-ring (bicyclic) bond motifs is 1. The van der Waals surface area contributed by atoms with Gasteiger partial charge >= 0.3 is 0 Å². The molecular formula is C18H23Cl2N3O. The summed E-state index contributed by atoms with van der Waals surface area (Å²) in [6, 6.07) is 15.6. The topological polar surface area (TPSA) is 49.6 Å². The Labute approximate surface area is 155 Å². The van der Waals surface area contributed by atoms with Gasteiger partial charge in [-0.3, -0.25) is 4.79 Å². The van der Waals surface area contributed by atoms with E-state index in [-0.39, 0.29) is 36.8 Å². The van der Waals surface area contributed by atoms with Crippen molar-refractivity contribution in [2.45, 2.75) is 19.5 Å². The fourth-order valence-electron chi connectivity index (χ4n) is 3.06. The molecule has 1 aliphatic rings. The first-order valence-corrected chi connectivity index (χ1v) is 7.52. The van der Waals surface area contributed by atoms with Crippen molar-refractivity contribution in [1.29, 1.82) is 0 Å². The summed E-state index contributed by atoms with van der Waals surface area (Å²) in [5.41, 5.74) is 9.44. The van der Waals surface area contributed by atoms with Gasteiger partial charge in [0.1, 0.15) is 0 Å². The minimum Gasteiger partial charge on any atom is -0.399 e. The molecule has 2 aromatic carbocycles. The Morgan fingerprint density at radius 3 is 2.54 bits per heavy atom. The van der Waals surface area contributed by atoms with E-state index in [0.717, 1.165) is 6.54 Å². The van der Waals surface area contributed by atoms with Crippen molar-refractivity contribution < 1.29 is 4.79 Å². The van der Waals surface area contributed by atoms with E-state index in [9.17, 15) is 4.79 Å². The Kier molecular flexibility index (Phi) is 6.93. The van der Waals surface area contributed by atoms with Crippen molar-refractivity contribution in [3.63, 3.8) is 0 Å². The number of likely N-dealkylation sites (N-methyl/N-ethyl adjacent to an activating group) is 1. The van der Waals surface area contributed by atoms with Gasteiger partial charge < -0.3 is 15.5 Å². The van der Waals surface area contributed by atoms with E-state index in [0.29, 0.717) is 17.8 Å². The fourth-order valence-corrected chi connectivity index (χ4v) is 3.06. The molecule has 130 valence electrons. The van der Waals surface area contributed by atoms with Crippen molar-refractivity contribution in [3.05, 3.63) is 59.7 Å². The van der Waals surface area contributed by atoms with Crippen LogP contribution in [0.3, 0.4) is 0 Å². The predicted molar refractivity (Wildman–Crippen MR) is 104 cm³/mol. The molecule has 0 fully saturated rings. The normalized spacial score (nSPS) is 16.3. The molecule has 4 nitrogen and oxygen atoms in total. The largest absolute Gasteiger partial charge is 0.399 e. The molecule has 0 radical (unpaired) electrons. The first-order valence-electron chi connectivity index (χ1n) is 7.52. The van der Waals surface area contributed by atoms with Crippen LogP contribution in [0.1, 0.15) is 22.8 Å². The van der Waals surface area contributed by atoms with Gasteiger partial charge in [-0.1, -0.05) is 24.3 Å². The van der Waals surface area contributed by atoms with Crippen molar-refractivity contribution in [3.8, 4) is 0 Å². The van der Waals surface area contributed by atoms with Gasteiger partial charge in [-0.2, -0.15) is 0 Å². The molecule has 6 heteroatoms. The second-order valence-corrected chi connectivity index (χ2v) is 5.92. The number of anilines is 2. The molecule has 1 amide bonds. The average molecular weight is 368 g/mol. The molecule has 0 spiro atoms. The number of nitrogen functional groups attached to an aromatic ring is 1. The first-order chi connectivity index (χ1) is 10.6. The van der Waals surface area contributed by atoms with E-state index < -0.39 is 0 Å². The molecule has 0 saturated heterocycles. The molecule has 1 atom stereocenters. The molecule has 2 aromatic rings. The number of halogens is 2. The molecule has 0 aromatic heterocycles. The summed E-state index contributed by atoms with van der Waals surface area (Å²) < 4.78 is 0. The molecular weight excluding hydrogens is 345 g/mol. The van der Waals surface area contributed by atoms with Gasteiger partial charge in [-0.05, 0) is 36.8 Å². The molecule has 0 saturated carbocycles. The zero-order valence-corrected chi connectivity index (χ0v) is 15.4. The van der Waals surface area contributed by atoms with Crippen molar-refractivity contribution in [2.24, 2.45) is 0 Å². The third-order valence-electron chi connectivity index (χ3n) is 4.21. The Morgan fingerprint density at radius 1 is 1.12 bits per heavy atom. The zero-order chi connectivity index (χ0) is 15.7. The van der Waals surface area contributed by atoms with E-state index in [1.807, 2.05) is 29.2 Å². The van der Waals surface area contributed by atoms with Crippen LogP contribution in [0.4, 0.5) is 11.4 Å². The summed E-state index contributed by atoms with van der Waals surface area (Å²) in [4.78, 5) is 17.0. The molecule has 1 unspecified atom stereocenters. The van der Waals surface area contributed by atoms with Gasteiger partial charge in [0.2, 0.25) is 0 Å². The molecule has 0 bridgehead atoms. The lowest BCUT2D eigenvalue weighted by Crippen LogP contribution is -2.41. The summed E-state index contributed by atoms with van der Waals surface area (Å²) in [5, 5.41) is 0.